The van der Waals surface area contributed by atoms with Crippen LogP contribution in [-0.4, -0.2) is 4.92 Å². The SMILES string of the molecule is CC(C)c1cc([N+](=O)[O-])cc[n+]1[O-]. The maximum Gasteiger partial charge on any atom is 0.281 e. The van der Waals surface area contributed by atoms with E-state index in [1.807, 2.05) is 13.8 Å². The highest BCUT2D eigenvalue weighted by molar-refractivity contribution is 5.28. The Morgan fingerprint density at radius 2 is 2.15 bits per heavy atom. The summed E-state index contributed by atoms with van der Waals surface area (Å²) in [5.41, 5.74) is 0.366. The molecule has 0 unspecified atom stereocenters. The van der Waals surface area contributed by atoms with Gasteiger partial charge in [0.15, 0.2) is 6.20 Å². The average molecular weight is 182 g/mol. The van der Waals surface area contributed by atoms with E-state index in [1.165, 1.54) is 12.1 Å². The zero-order chi connectivity index (χ0) is 10.0. The Morgan fingerprint density at radius 3 is 2.62 bits per heavy atom. The van der Waals surface area contributed by atoms with Crippen LogP contribution < -0.4 is 4.73 Å². The van der Waals surface area contributed by atoms with Crippen LogP contribution in [0.25, 0.3) is 0 Å². The lowest BCUT2D eigenvalue weighted by atomic mass is 10.1. The van der Waals surface area contributed by atoms with Crippen LogP contribution in [0, 0.1) is 15.3 Å². The molecule has 5 nitrogen and oxygen atoms in total. The van der Waals surface area contributed by atoms with Crippen molar-refractivity contribution in [1.82, 2.24) is 0 Å². The summed E-state index contributed by atoms with van der Waals surface area (Å²) < 4.78 is 0.650. The van der Waals surface area contributed by atoms with Gasteiger partial charge in [-0.15, -0.1) is 0 Å². The smallest absolute Gasteiger partial charge is 0.281 e. The van der Waals surface area contributed by atoms with Gasteiger partial charge in [-0.1, -0.05) is 13.8 Å². The Morgan fingerprint density at radius 1 is 1.54 bits per heavy atom. The Bertz CT molecular complexity index is 336. The molecule has 1 rings (SSSR count). The first-order valence-electron chi connectivity index (χ1n) is 3.90. The Balaban J connectivity index is 3.19. The van der Waals surface area contributed by atoms with E-state index >= 15 is 0 Å². The van der Waals surface area contributed by atoms with Crippen LogP contribution in [0.4, 0.5) is 5.69 Å². The van der Waals surface area contributed by atoms with Crippen molar-refractivity contribution >= 4 is 5.69 Å². The second-order valence-electron chi connectivity index (χ2n) is 3.05. The molecule has 70 valence electrons. The minimum atomic E-state index is -0.508. The molecule has 0 atom stereocenters. The Hall–Kier alpha value is -1.65. The predicted octanol–water partition coefficient (Wildman–Crippen LogP) is 1.35. The molecular weight excluding hydrogens is 172 g/mol. The molecule has 0 aliphatic carbocycles. The van der Waals surface area contributed by atoms with Gasteiger partial charge in [0, 0.05) is 5.92 Å². The summed E-state index contributed by atoms with van der Waals surface area (Å²) in [6.07, 6.45) is 1.16. The summed E-state index contributed by atoms with van der Waals surface area (Å²) in [6.45, 7) is 3.63. The van der Waals surface area contributed by atoms with E-state index in [-0.39, 0.29) is 11.6 Å². The number of rotatable bonds is 2. The largest absolute Gasteiger partial charge is 0.618 e. The van der Waals surface area contributed by atoms with Crippen LogP contribution in [0.2, 0.25) is 0 Å². The van der Waals surface area contributed by atoms with Crippen LogP contribution in [0.5, 0.6) is 0 Å². The van der Waals surface area contributed by atoms with E-state index in [1.54, 1.807) is 0 Å². The first-order valence-corrected chi connectivity index (χ1v) is 3.90. The molecular formula is C8H10N2O3. The van der Waals surface area contributed by atoms with Crippen molar-refractivity contribution in [3.63, 3.8) is 0 Å². The molecule has 0 saturated carbocycles. The van der Waals surface area contributed by atoms with E-state index in [4.69, 9.17) is 0 Å². The minimum absolute atomic E-state index is 0.0163. The van der Waals surface area contributed by atoms with Crippen molar-refractivity contribution in [1.29, 1.82) is 0 Å². The Labute approximate surface area is 75.4 Å². The van der Waals surface area contributed by atoms with Gasteiger partial charge in [-0.25, -0.2) is 0 Å². The molecule has 0 bridgehead atoms. The zero-order valence-corrected chi connectivity index (χ0v) is 7.43. The second kappa shape index (κ2) is 3.38. The fraction of sp³-hybridized carbons (Fsp3) is 0.375. The molecule has 13 heavy (non-hydrogen) atoms. The van der Waals surface area contributed by atoms with Crippen molar-refractivity contribution in [2.75, 3.05) is 0 Å². The normalized spacial score (nSPS) is 10.4. The van der Waals surface area contributed by atoms with Gasteiger partial charge in [-0.2, -0.15) is 4.73 Å². The summed E-state index contributed by atoms with van der Waals surface area (Å²) in [4.78, 5) is 9.87. The lowest BCUT2D eigenvalue weighted by Gasteiger charge is -2.05. The highest BCUT2D eigenvalue weighted by atomic mass is 16.6. The van der Waals surface area contributed by atoms with E-state index in [0.717, 1.165) is 6.20 Å². The summed E-state index contributed by atoms with van der Waals surface area (Å²) in [5.74, 6) is -0.0163. The number of hydrogen-bond donors (Lipinski definition) is 0. The van der Waals surface area contributed by atoms with Gasteiger partial charge in [-0.05, 0) is 0 Å². The lowest BCUT2D eigenvalue weighted by Crippen LogP contribution is -2.31. The number of pyridine rings is 1. The molecule has 1 heterocycles. The summed E-state index contributed by atoms with van der Waals surface area (Å²) in [6, 6.07) is 2.50. The van der Waals surface area contributed by atoms with Gasteiger partial charge in [0.2, 0.25) is 5.69 Å². The molecule has 1 aromatic rings. The van der Waals surface area contributed by atoms with E-state index < -0.39 is 4.92 Å². The molecule has 0 fully saturated rings. The average Bonchev–Trinajstić information content (AvgIpc) is 2.04. The van der Waals surface area contributed by atoms with Crippen LogP contribution in [0.15, 0.2) is 18.3 Å². The molecule has 0 amide bonds. The van der Waals surface area contributed by atoms with Crippen LogP contribution >= 0.6 is 0 Å². The molecule has 0 N–H and O–H groups in total. The van der Waals surface area contributed by atoms with Crippen molar-refractivity contribution in [2.24, 2.45) is 0 Å². The summed E-state index contributed by atoms with van der Waals surface area (Å²) in [5, 5.41) is 21.5. The van der Waals surface area contributed by atoms with Crippen molar-refractivity contribution in [3.8, 4) is 0 Å². The number of nitro groups is 1. The predicted molar refractivity (Wildman–Crippen MR) is 46.1 cm³/mol. The topological polar surface area (TPSA) is 70.1 Å². The molecule has 0 radical (unpaired) electrons. The van der Waals surface area contributed by atoms with Gasteiger partial charge in [0.25, 0.3) is 5.69 Å². The quantitative estimate of drug-likeness (QED) is 0.300. The fourth-order valence-corrected chi connectivity index (χ4v) is 1.03. The van der Waals surface area contributed by atoms with Crippen molar-refractivity contribution < 1.29 is 9.65 Å². The first kappa shape index (κ1) is 9.44. The van der Waals surface area contributed by atoms with Crippen LogP contribution in [0.3, 0.4) is 0 Å². The first-order chi connectivity index (χ1) is 6.02. The zero-order valence-electron chi connectivity index (χ0n) is 7.43. The highest BCUT2D eigenvalue weighted by Crippen LogP contribution is 2.15. The maximum absolute atomic E-state index is 11.1. The molecule has 0 aromatic carbocycles. The van der Waals surface area contributed by atoms with E-state index in [2.05, 4.69) is 0 Å². The Kier molecular flexibility index (Phi) is 2.46. The maximum atomic E-state index is 11.1. The van der Waals surface area contributed by atoms with Gasteiger partial charge in [-0.3, -0.25) is 10.1 Å². The number of nitrogens with zero attached hydrogens (tertiary/aromatic N) is 2. The minimum Gasteiger partial charge on any atom is -0.618 e. The molecule has 0 aliphatic rings. The third-order valence-corrected chi connectivity index (χ3v) is 1.73. The molecule has 5 heteroatoms. The van der Waals surface area contributed by atoms with Crippen molar-refractivity contribution in [3.05, 3.63) is 39.3 Å². The third kappa shape index (κ3) is 1.93. The van der Waals surface area contributed by atoms with Gasteiger partial charge in [0.05, 0.1) is 17.1 Å². The summed E-state index contributed by atoms with van der Waals surface area (Å²) >= 11 is 0. The molecule has 0 saturated heterocycles. The van der Waals surface area contributed by atoms with Gasteiger partial charge < -0.3 is 5.21 Å². The van der Waals surface area contributed by atoms with Gasteiger partial charge in [0.1, 0.15) is 0 Å². The fourth-order valence-electron chi connectivity index (χ4n) is 1.03. The molecule has 0 aliphatic heterocycles. The van der Waals surface area contributed by atoms with Crippen molar-refractivity contribution in [2.45, 2.75) is 19.8 Å². The van der Waals surface area contributed by atoms with E-state index in [0.29, 0.717) is 10.4 Å². The lowest BCUT2D eigenvalue weighted by molar-refractivity contribution is -0.616. The number of hydrogen-bond acceptors (Lipinski definition) is 3. The van der Waals surface area contributed by atoms with E-state index in [9.17, 15) is 15.3 Å². The van der Waals surface area contributed by atoms with Gasteiger partial charge >= 0.3 is 0 Å². The standard InChI is InChI=1S/C8H10N2O3/c1-6(2)8-5-7(10(12)13)3-4-9(8)11/h3-6H,1-2H3. The third-order valence-electron chi connectivity index (χ3n) is 1.73. The molecule has 0 spiro atoms. The second-order valence-corrected chi connectivity index (χ2v) is 3.05. The molecule has 1 aromatic heterocycles. The monoisotopic (exact) mass is 182 g/mol. The number of aromatic nitrogens is 1. The summed E-state index contributed by atoms with van der Waals surface area (Å²) in [7, 11) is 0. The van der Waals surface area contributed by atoms with Crippen LogP contribution in [0.1, 0.15) is 25.5 Å². The van der Waals surface area contributed by atoms with Crippen LogP contribution in [-0.2, 0) is 0 Å². The highest BCUT2D eigenvalue weighted by Gasteiger charge is 2.16.